The third kappa shape index (κ3) is 2.02. The zero-order valence-corrected chi connectivity index (χ0v) is 9.49. The first-order chi connectivity index (χ1) is 7.58. The Morgan fingerprint density at radius 2 is 2.19 bits per heavy atom. The van der Waals surface area contributed by atoms with Gasteiger partial charge in [0.2, 0.25) is 0 Å². The second kappa shape index (κ2) is 4.14. The molecule has 1 aromatic carbocycles. The highest BCUT2D eigenvalue weighted by Crippen LogP contribution is 2.31. The Hall–Kier alpha value is -1.55. The lowest BCUT2D eigenvalue weighted by molar-refractivity contribution is -0.118. The van der Waals surface area contributed by atoms with E-state index < -0.39 is 0 Å². The standard InChI is InChI=1S/C12H16N2O2/c1-7(2)12(13)8-3-4-10-9(5-8)14-11(15)6-16-10/h3-5,7,12H,6,13H2,1-2H3,(H,14,15). The number of rotatable bonds is 2. The fraction of sp³-hybridized carbons (Fsp3) is 0.417. The number of carbonyl (C=O) groups excluding carboxylic acids is 1. The molecule has 1 aliphatic heterocycles. The summed E-state index contributed by atoms with van der Waals surface area (Å²) >= 11 is 0. The van der Waals surface area contributed by atoms with E-state index in [1.807, 2.05) is 18.2 Å². The van der Waals surface area contributed by atoms with Crippen molar-refractivity contribution in [2.45, 2.75) is 19.9 Å². The molecule has 0 radical (unpaired) electrons. The van der Waals surface area contributed by atoms with Crippen LogP contribution in [0.25, 0.3) is 0 Å². The molecule has 16 heavy (non-hydrogen) atoms. The van der Waals surface area contributed by atoms with E-state index in [0.717, 1.165) is 5.56 Å². The van der Waals surface area contributed by atoms with Crippen LogP contribution in [0, 0.1) is 5.92 Å². The Morgan fingerprint density at radius 3 is 2.88 bits per heavy atom. The summed E-state index contributed by atoms with van der Waals surface area (Å²) in [5, 5.41) is 2.77. The lowest BCUT2D eigenvalue weighted by Gasteiger charge is -2.21. The van der Waals surface area contributed by atoms with Crippen molar-refractivity contribution in [3.05, 3.63) is 23.8 Å². The minimum absolute atomic E-state index is 0.0240. The van der Waals surface area contributed by atoms with Crippen LogP contribution >= 0.6 is 0 Å². The summed E-state index contributed by atoms with van der Waals surface area (Å²) in [6, 6.07) is 5.66. The van der Waals surface area contributed by atoms with E-state index >= 15 is 0 Å². The van der Waals surface area contributed by atoms with E-state index in [2.05, 4.69) is 19.2 Å². The summed E-state index contributed by atoms with van der Waals surface area (Å²) in [4.78, 5) is 11.2. The van der Waals surface area contributed by atoms with Crippen LogP contribution in [0.15, 0.2) is 18.2 Å². The Labute approximate surface area is 94.8 Å². The van der Waals surface area contributed by atoms with E-state index in [-0.39, 0.29) is 18.6 Å². The van der Waals surface area contributed by atoms with Gasteiger partial charge in [-0.2, -0.15) is 0 Å². The van der Waals surface area contributed by atoms with Crippen molar-refractivity contribution in [3.63, 3.8) is 0 Å². The van der Waals surface area contributed by atoms with Crippen LogP contribution < -0.4 is 15.8 Å². The van der Waals surface area contributed by atoms with Crippen molar-refractivity contribution in [2.75, 3.05) is 11.9 Å². The lowest BCUT2D eigenvalue weighted by Crippen LogP contribution is -2.26. The fourth-order valence-electron chi connectivity index (χ4n) is 1.69. The Kier molecular flexibility index (Phi) is 2.83. The number of benzene rings is 1. The zero-order valence-electron chi connectivity index (χ0n) is 9.49. The molecule has 0 fully saturated rings. The molecule has 0 spiro atoms. The van der Waals surface area contributed by atoms with E-state index in [1.54, 1.807) is 0 Å². The van der Waals surface area contributed by atoms with Gasteiger partial charge in [-0.05, 0) is 23.6 Å². The first-order valence-corrected chi connectivity index (χ1v) is 5.40. The molecular weight excluding hydrogens is 204 g/mol. The zero-order chi connectivity index (χ0) is 11.7. The Bertz CT molecular complexity index is 415. The molecule has 86 valence electrons. The lowest BCUT2D eigenvalue weighted by atomic mass is 9.96. The summed E-state index contributed by atoms with van der Waals surface area (Å²) in [6.07, 6.45) is 0. The normalized spacial score (nSPS) is 16.4. The first kappa shape index (κ1) is 11.0. The number of ether oxygens (including phenoxy) is 1. The van der Waals surface area contributed by atoms with Crippen molar-refractivity contribution in [1.29, 1.82) is 0 Å². The van der Waals surface area contributed by atoms with Crippen molar-refractivity contribution in [3.8, 4) is 5.75 Å². The van der Waals surface area contributed by atoms with Gasteiger partial charge in [-0.3, -0.25) is 4.79 Å². The van der Waals surface area contributed by atoms with Crippen molar-refractivity contribution < 1.29 is 9.53 Å². The predicted octanol–water partition coefficient (Wildman–Crippen LogP) is 1.67. The average molecular weight is 220 g/mol. The minimum Gasteiger partial charge on any atom is -0.482 e. The Morgan fingerprint density at radius 1 is 1.44 bits per heavy atom. The average Bonchev–Trinajstić information content (AvgIpc) is 2.26. The molecule has 4 nitrogen and oxygen atoms in total. The summed E-state index contributed by atoms with van der Waals surface area (Å²) in [5.41, 5.74) is 7.78. The molecule has 1 unspecified atom stereocenters. The fourth-order valence-corrected chi connectivity index (χ4v) is 1.69. The van der Waals surface area contributed by atoms with Crippen molar-refractivity contribution in [1.82, 2.24) is 0 Å². The van der Waals surface area contributed by atoms with Crippen LogP contribution in [0.3, 0.4) is 0 Å². The number of nitrogens with two attached hydrogens (primary N) is 1. The third-order valence-electron chi connectivity index (χ3n) is 2.74. The van der Waals surface area contributed by atoms with E-state index in [1.165, 1.54) is 0 Å². The van der Waals surface area contributed by atoms with Gasteiger partial charge in [-0.25, -0.2) is 0 Å². The van der Waals surface area contributed by atoms with Crippen LogP contribution in [0.1, 0.15) is 25.5 Å². The summed E-state index contributed by atoms with van der Waals surface area (Å²) < 4.78 is 5.28. The molecular formula is C12H16N2O2. The van der Waals surface area contributed by atoms with Gasteiger partial charge in [-0.15, -0.1) is 0 Å². The Balaban J connectivity index is 2.31. The molecule has 1 aromatic rings. The molecule has 1 aliphatic rings. The number of amides is 1. The minimum atomic E-state index is -0.122. The largest absolute Gasteiger partial charge is 0.482 e. The summed E-state index contributed by atoms with van der Waals surface area (Å²) in [7, 11) is 0. The maximum Gasteiger partial charge on any atom is 0.262 e. The van der Waals surface area contributed by atoms with Crippen LogP contribution in [0.2, 0.25) is 0 Å². The number of hydrogen-bond acceptors (Lipinski definition) is 3. The van der Waals surface area contributed by atoms with Crippen LogP contribution in [0.5, 0.6) is 5.75 Å². The second-order valence-corrected chi connectivity index (χ2v) is 4.36. The van der Waals surface area contributed by atoms with Gasteiger partial charge in [0.15, 0.2) is 6.61 Å². The third-order valence-corrected chi connectivity index (χ3v) is 2.74. The van der Waals surface area contributed by atoms with Gasteiger partial charge < -0.3 is 15.8 Å². The highest BCUT2D eigenvalue weighted by molar-refractivity contribution is 5.95. The topological polar surface area (TPSA) is 64.3 Å². The van der Waals surface area contributed by atoms with Gasteiger partial charge in [-0.1, -0.05) is 19.9 Å². The van der Waals surface area contributed by atoms with Crippen LogP contribution in [0.4, 0.5) is 5.69 Å². The van der Waals surface area contributed by atoms with Gasteiger partial charge in [0.05, 0.1) is 5.69 Å². The maximum atomic E-state index is 11.2. The number of hydrogen-bond donors (Lipinski definition) is 2. The van der Waals surface area contributed by atoms with Gasteiger partial charge >= 0.3 is 0 Å². The van der Waals surface area contributed by atoms with Gasteiger partial charge in [0, 0.05) is 6.04 Å². The highest BCUT2D eigenvalue weighted by Gasteiger charge is 2.18. The first-order valence-electron chi connectivity index (χ1n) is 5.40. The predicted molar refractivity (Wildman–Crippen MR) is 62.3 cm³/mol. The highest BCUT2D eigenvalue weighted by atomic mass is 16.5. The molecule has 1 amide bonds. The SMILES string of the molecule is CC(C)C(N)c1ccc2c(c1)NC(=O)CO2. The second-order valence-electron chi connectivity index (χ2n) is 4.36. The molecule has 0 aromatic heterocycles. The van der Waals surface area contributed by atoms with Gasteiger partial charge in [0.25, 0.3) is 5.91 Å². The van der Waals surface area contributed by atoms with E-state index in [0.29, 0.717) is 17.4 Å². The van der Waals surface area contributed by atoms with E-state index in [9.17, 15) is 4.79 Å². The molecule has 1 heterocycles. The van der Waals surface area contributed by atoms with Gasteiger partial charge in [0.1, 0.15) is 5.75 Å². The van der Waals surface area contributed by atoms with Crippen LogP contribution in [-0.2, 0) is 4.79 Å². The molecule has 0 saturated heterocycles. The molecule has 2 rings (SSSR count). The smallest absolute Gasteiger partial charge is 0.262 e. The number of nitrogens with one attached hydrogen (secondary N) is 1. The summed E-state index contributed by atoms with van der Waals surface area (Å²) in [6.45, 7) is 4.22. The van der Waals surface area contributed by atoms with E-state index in [4.69, 9.17) is 10.5 Å². The molecule has 4 heteroatoms. The number of fused-ring (bicyclic) bond motifs is 1. The molecule has 1 atom stereocenters. The quantitative estimate of drug-likeness (QED) is 0.796. The molecule has 0 bridgehead atoms. The number of carbonyl (C=O) groups is 1. The maximum absolute atomic E-state index is 11.2. The van der Waals surface area contributed by atoms with Crippen LogP contribution in [-0.4, -0.2) is 12.5 Å². The van der Waals surface area contributed by atoms with Crippen molar-refractivity contribution in [2.24, 2.45) is 11.7 Å². The molecule has 0 saturated carbocycles. The monoisotopic (exact) mass is 220 g/mol. The van der Waals surface area contributed by atoms with Crippen molar-refractivity contribution >= 4 is 11.6 Å². The number of anilines is 1. The summed E-state index contributed by atoms with van der Waals surface area (Å²) in [5.74, 6) is 0.945. The molecule has 0 aliphatic carbocycles. The molecule has 3 N–H and O–H groups in total.